The molecule has 0 saturated carbocycles. The van der Waals surface area contributed by atoms with Crippen molar-refractivity contribution in [1.29, 1.82) is 0 Å². The number of fused-ring (bicyclic) bond motifs is 1. The van der Waals surface area contributed by atoms with Crippen LogP contribution in [-0.4, -0.2) is 33.1 Å². The topological polar surface area (TPSA) is 43.2 Å². The number of rotatable bonds is 4. The lowest BCUT2D eigenvalue weighted by molar-refractivity contribution is 0.206. The predicted molar refractivity (Wildman–Crippen MR) is 90.4 cm³/mol. The van der Waals surface area contributed by atoms with Crippen LogP contribution in [0.15, 0.2) is 42.0 Å². The summed E-state index contributed by atoms with van der Waals surface area (Å²) in [6.45, 7) is 3.65. The second-order valence-corrected chi connectivity index (χ2v) is 6.52. The minimum Gasteiger partial charge on any atom is -0.481 e. The number of nitrogens with zero attached hydrogens (tertiary/aromatic N) is 4. The van der Waals surface area contributed by atoms with Gasteiger partial charge >= 0.3 is 0 Å². The third-order valence-corrected chi connectivity index (χ3v) is 5.05. The number of aromatic nitrogens is 3. The molecule has 23 heavy (non-hydrogen) atoms. The van der Waals surface area contributed by atoms with Crippen molar-refractivity contribution in [2.45, 2.75) is 19.6 Å². The van der Waals surface area contributed by atoms with E-state index in [1.165, 1.54) is 10.6 Å². The summed E-state index contributed by atoms with van der Waals surface area (Å²) in [4.78, 5) is 12.6. The third-order valence-electron chi connectivity index (χ3n) is 4.15. The van der Waals surface area contributed by atoms with Crippen molar-refractivity contribution in [1.82, 2.24) is 19.4 Å². The fourth-order valence-electron chi connectivity index (χ4n) is 3.04. The zero-order valence-corrected chi connectivity index (χ0v) is 13.8. The largest absolute Gasteiger partial charge is 0.481 e. The van der Waals surface area contributed by atoms with Gasteiger partial charge < -0.3 is 9.30 Å². The Balaban J connectivity index is 1.54. The van der Waals surface area contributed by atoms with E-state index >= 15 is 0 Å². The van der Waals surface area contributed by atoms with Gasteiger partial charge in [0.05, 0.1) is 30.4 Å². The lowest BCUT2D eigenvalue weighted by Gasteiger charge is -2.28. The number of thiophene rings is 1. The van der Waals surface area contributed by atoms with Crippen molar-refractivity contribution in [3.05, 3.63) is 53.4 Å². The molecule has 6 heteroatoms. The van der Waals surface area contributed by atoms with Crippen LogP contribution in [0.2, 0.25) is 0 Å². The maximum atomic E-state index is 5.35. The van der Waals surface area contributed by atoms with Gasteiger partial charge in [0, 0.05) is 31.4 Å². The molecule has 0 bridgehead atoms. The van der Waals surface area contributed by atoms with Crippen molar-refractivity contribution in [3.63, 3.8) is 0 Å². The maximum Gasteiger partial charge on any atom is 0.217 e. The van der Waals surface area contributed by atoms with Crippen LogP contribution >= 0.6 is 11.3 Å². The van der Waals surface area contributed by atoms with Gasteiger partial charge in [0.1, 0.15) is 5.82 Å². The first-order valence-corrected chi connectivity index (χ1v) is 8.51. The summed E-state index contributed by atoms with van der Waals surface area (Å²) in [5, 5.41) is 2.11. The molecule has 0 aliphatic carbocycles. The normalized spacial score (nSPS) is 14.7. The Kier molecular flexibility index (Phi) is 3.85. The van der Waals surface area contributed by atoms with E-state index in [0.717, 1.165) is 37.6 Å². The average molecular weight is 326 g/mol. The first-order chi connectivity index (χ1) is 11.3. The summed E-state index contributed by atoms with van der Waals surface area (Å²) in [5.41, 5.74) is 2.35. The Morgan fingerprint density at radius 2 is 2.17 bits per heavy atom. The number of hydrogen-bond acceptors (Lipinski definition) is 5. The van der Waals surface area contributed by atoms with Crippen molar-refractivity contribution >= 4 is 11.3 Å². The zero-order chi connectivity index (χ0) is 15.6. The van der Waals surface area contributed by atoms with Crippen LogP contribution in [0.3, 0.4) is 0 Å². The van der Waals surface area contributed by atoms with E-state index in [2.05, 4.69) is 43.0 Å². The van der Waals surface area contributed by atoms with E-state index in [1.807, 2.05) is 12.3 Å². The standard InChI is InChI=1S/C17H18N4OS/c1-22-17-13(4-2-6-18-17)11-20-7-8-21-14(10-19-16(21)12-20)15-5-3-9-23-15/h2-6,9-10H,7-8,11-12H2,1H3. The lowest BCUT2D eigenvalue weighted by Crippen LogP contribution is -2.33. The van der Waals surface area contributed by atoms with Crippen LogP contribution < -0.4 is 4.74 Å². The molecular weight excluding hydrogens is 308 g/mol. The van der Waals surface area contributed by atoms with Gasteiger partial charge in [-0.25, -0.2) is 9.97 Å². The fourth-order valence-corrected chi connectivity index (χ4v) is 3.78. The summed E-state index contributed by atoms with van der Waals surface area (Å²) >= 11 is 1.76. The van der Waals surface area contributed by atoms with Crippen molar-refractivity contribution < 1.29 is 4.74 Å². The molecule has 1 aliphatic heterocycles. The summed E-state index contributed by atoms with van der Waals surface area (Å²) < 4.78 is 7.69. The monoisotopic (exact) mass is 326 g/mol. The Hall–Kier alpha value is -2.18. The molecule has 3 aromatic rings. The number of imidazole rings is 1. The van der Waals surface area contributed by atoms with E-state index in [-0.39, 0.29) is 0 Å². The SMILES string of the molecule is COc1ncccc1CN1CCn2c(-c3cccs3)cnc2C1. The fraction of sp³-hybridized carbons (Fsp3) is 0.294. The number of ether oxygens (including phenoxy) is 1. The molecule has 0 radical (unpaired) electrons. The van der Waals surface area contributed by atoms with Crippen LogP contribution in [0.4, 0.5) is 0 Å². The molecular formula is C17H18N4OS. The van der Waals surface area contributed by atoms with Gasteiger partial charge in [0.15, 0.2) is 0 Å². The summed E-state index contributed by atoms with van der Waals surface area (Å²) in [6, 6.07) is 8.27. The third kappa shape index (κ3) is 2.75. The molecule has 0 unspecified atom stereocenters. The molecule has 0 N–H and O–H groups in total. The van der Waals surface area contributed by atoms with Crippen molar-refractivity contribution in [2.24, 2.45) is 0 Å². The predicted octanol–water partition coefficient (Wildman–Crippen LogP) is 3.03. The molecule has 5 nitrogen and oxygen atoms in total. The highest BCUT2D eigenvalue weighted by atomic mass is 32.1. The van der Waals surface area contributed by atoms with Gasteiger partial charge in [0.2, 0.25) is 5.88 Å². The average Bonchev–Trinajstić information content (AvgIpc) is 3.24. The van der Waals surface area contributed by atoms with Gasteiger partial charge in [-0.3, -0.25) is 4.90 Å². The second-order valence-electron chi connectivity index (χ2n) is 5.57. The molecule has 0 atom stereocenters. The van der Waals surface area contributed by atoms with Gasteiger partial charge in [-0.2, -0.15) is 0 Å². The molecule has 4 heterocycles. The summed E-state index contributed by atoms with van der Waals surface area (Å²) in [7, 11) is 1.67. The van der Waals surface area contributed by atoms with E-state index in [9.17, 15) is 0 Å². The zero-order valence-electron chi connectivity index (χ0n) is 13.0. The van der Waals surface area contributed by atoms with Gasteiger partial charge in [-0.05, 0) is 17.5 Å². The van der Waals surface area contributed by atoms with Crippen molar-refractivity contribution in [2.75, 3.05) is 13.7 Å². The first-order valence-electron chi connectivity index (χ1n) is 7.63. The molecule has 118 valence electrons. The highest BCUT2D eigenvalue weighted by Gasteiger charge is 2.21. The van der Waals surface area contributed by atoms with E-state index < -0.39 is 0 Å². The van der Waals surface area contributed by atoms with Gasteiger partial charge in [0.25, 0.3) is 0 Å². The van der Waals surface area contributed by atoms with Gasteiger partial charge in [-0.15, -0.1) is 11.3 Å². The van der Waals surface area contributed by atoms with Crippen LogP contribution in [0.5, 0.6) is 5.88 Å². The highest BCUT2D eigenvalue weighted by Crippen LogP contribution is 2.28. The Morgan fingerprint density at radius 3 is 3.00 bits per heavy atom. The smallest absolute Gasteiger partial charge is 0.217 e. The second kappa shape index (κ2) is 6.14. The molecule has 3 aromatic heterocycles. The first kappa shape index (κ1) is 14.4. The quantitative estimate of drug-likeness (QED) is 0.739. The minimum absolute atomic E-state index is 0.709. The van der Waals surface area contributed by atoms with Crippen molar-refractivity contribution in [3.8, 4) is 16.5 Å². The molecule has 0 saturated heterocycles. The summed E-state index contributed by atoms with van der Waals surface area (Å²) in [6.07, 6.45) is 3.76. The lowest BCUT2D eigenvalue weighted by atomic mass is 10.2. The van der Waals surface area contributed by atoms with Crippen LogP contribution in [0.25, 0.3) is 10.6 Å². The molecule has 0 fully saturated rings. The van der Waals surface area contributed by atoms with Crippen LogP contribution in [-0.2, 0) is 19.6 Å². The highest BCUT2D eigenvalue weighted by molar-refractivity contribution is 7.13. The Labute approximate surface area is 139 Å². The van der Waals surface area contributed by atoms with Crippen LogP contribution in [0, 0.1) is 0 Å². The summed E-state index contributed by atoms with van der Waals surface area (Å²) in [5.74, 6) is 1.84. The minimum atomic E-state index is 0.709. The van der Waals surface area contributed by atoms with E-state index in [1.54, 1.807) is 24.6 Å². The Bertz CT molecular complexity index is 797. The van der Waals surface area contributed by atoms with E-state index in [4.69, 9.17) is 4.74 Å². The molecule has 1 aliphatic rings. The molecule has 0 aromatic carbocycles. The number of hydrogen-bond donors (Lipinski definition) is 0. The molecule has 0 spiro atoms. The van der Waals surface area contributed by atoms with Crippen LogP contribution in [0.1, 0.15) is 11.4 Å². The van der Waals surface area contributed by atoms with Gasteiger partial charge in [-0.1, -0.05) is 12.1 Å². The number of methoxy groups -OCH3 is 1. The Morgan fingerprint density at radius 1 is 1.22 bits per heavy atom. The molecule has 4 rings (SSSR count). The molecule has 0 amide bonds. The maximum absolute atomic E-state index is 5.35. The number of pyridine rings is 1. The van der Waals surface area contributed by atoms with E-state index in [0.29, 0.717) is 5.88 Å².